The molecule has 22 heavy (non-hydrogen) atoms. The molecule has 2 aromatic heterocycles. The number of carbonyl (C=O) groups excluding carboxylic acids is 1. The fraction of sp³-hybridized carbons (Fsp3) is 0.118. The molecule has 1 aromatic carbocycles. The number of para-hydroxylation sites is 1. The number of hydrogen-bond donors (Lipinski definition) is 1. The van der Waals surface area contributed by atoms with Crippen molar-refractivity contribution in [3.05, 3.63) is 65.7 Å². The number of carbonyl (C=O) groups is 1. The van der Waals surface area contributed by atoms with Gasteiger partial charge in [0.2, 0.25) is 0 Å². The van der Waals surface area contributed by atoms with Crippen LogP contribution in [0.1, 0.15) is 28.7 Å². The van der Waals surface area contributed by atoms with Gasteiger partial charge >= 0.3 is 0 Å². The summed E-state index contributed by atoms with van der Waals surface area (Å²) in [5.41, 5.74) is 4.77. The van der Waals surface area contributed by atoms with Crippen LogP contribution in [0.3, 0.4) is 0 Å². The summed E-state index contributed by atoms with van der Waals surface area (Å²) in [6.07, 6.45) is 3.77. The molecule has 5 nitrogen and oxygen atoms in total. The molecule has 0 saturated carbocycles. The van der Waals surface area contributed by atoms with Crippen LogP contribution < -0.4 is 5.43 Å². The van der Waals surface area contributed by atoms with Crippen LogP contribution in [0.4, 0.5) is 0 Å². The SMILES string of the molecule is CCc1cc(C(=O)NN=Cc2ccco2)c2ccccc2n1. The number of nitrogens with zero attached hydrogens (tertiary/aromatic N) is 2. The largest absolute Gasteiger partial charge is 0.463 e. The minimum atomic E-state index is -0.267. The second-order valence-corrected chi connectivity index (χ2v) is 4.75. The third kappa shape index (κ3) is 2.88. The Bertz CT molecular complexity index is 823. The average molecular weight is 293 g/mol. The van der Waals surface area contributed by atoms with E-state index in [0.29, 0.717) is 11.3 Å². The number of fused-ring (bicyclic) bond motifs is 1. The van der Waals surface area contributed by atoms with Crippen LogP contribution in [-0.4, -0.2) is 17.1 Å². The predicted molar refractivity (Wildman–Crippen MR) is 84.9 cm³/mol. The van der Waals surface area contributed by atoms with Gasteiger partial charge in [-0.2, -0.15) is 5.10 Å². The van der Waals surface area contributed by atoms with Gasteiger partial charge in [-0.1, -0.05) is 25.1 Å². The van der Waals surface area contributed by atoms with Crippen LogP contribution >= 0.6 is 0 Å². The smallest absolute Gasteiger partial charge is 0.272 e. The van der Waals surface area contributed by atoms with E-state index in [0.717, 1.165) is 23.0 Å². The molecule has 5 heteroatoms. The zero-order valence-electron chi connectivity index (χ0n) is 12.1. The van der Waals surface area contributed by atoms with E-state index in [1.165, 1.54) is 6.21 Å². The Kier molecular flexibility index (Phi) is 3.96. The van der Waals surface area contributed by atoms with Crippen molar-refractivity contribution < 1.29 is 9.21 Å². The van der Waals surface area contributed by atoms with Gasteiger partial charge in [0.05, 0.1) is 23.6 Å². The number of aromatic nitrogens is 1. The van der Waals surface area contributed by atoms with Gasteiger partial charge in [-0.3, -0.25) is 9.78 Å². The van der Waals surface area contributed by atoms with E-state index >= 15 is 0 Å². The summed E-state index contributed by atoms with van der Waals surface area (Å²) in [5.74, 6) is 0.310. The summed E-state index contributed by atoms with van der Waals surface area (Å²) >= 11 is 0. The van der Waals surface area contributed by atoms with Crippen LogP contribution in [0.2, 0.25) is 0 Å². The molecule has 0 bridgehead atoms. The molecule has 0 saturated heterocycles. The molecule has 3 rings (SSSR count). The van der Waals surface area contributed by atoms with Gasteiger partial charge in [-0.25, -0.2) is 5.43 Å². The Hall–Kier alpha value is -2.95. The Labute approximate surface area is 127 Å². The van der Waals surface area contributed by atoms with Crippen molar-refractivity contribution in [1.29, 1.82) is 0 Å². The molecule has 0 radical (unpaired) electrons. The van der Waals surface area contributed by atoms with Crippen molar-refractivity contribution in [2.24, 2.45) is 5.10 Å². The highest BCUT2D eigenvalue weighted by atomic mass is 16.3. The first-order valence-corrected chi connectivity index (χ1v) is 7.03. The molecule has 0 fully saturated rings. The van der Waals surface area contributed by atoms with Crippen molar-refractivity contribution >= 4 is 23.0 Å². The molecule has 110 valence electrons. The first-order chi connectivity index (χ1) is 10.8. The molecule has 2 heterocycles. The lowest BCUT2D eigenvalue weighted by Gasteiger charge is -2.07. The van der Waals surface area contributed by atoms with Crippen LogP contribution in [0.5, 0.6) is 0 Å². The summed E-state index contributed by atoms with van der Waals surface area (Å²) in [6, 6.07) is 12.9. The Balaban J connectivity index is 1.89. The zero-order valence-corrected chi connectivity index (χ0v) is 12.1. The molecule has 1 amide bonds. The lowest BCUT2D eigenvalue weighted by Crippen LogP contribution is -2.18. The molecule has 0 unspecified atom stereocenters. The van der Waals surface area contributed by atoms with Crippen LogP contribution in [-0.2, 0) is 6.42 Å². The zero-order chi connectivity index (χ0) is 15.4. The number of hydrogen-bond acceptors (Lipinski definition) is 4. The fourth-order valence-electron chi connectivity index (χ4n) is 2.18. The Morgan fingerprint density at radius 2 is 2.18 bits per heavy atom. The lowest BCUT2D eigenvalue weighted by atomic mass is 10.1. The number of pyridine rings is 1. The van der Waals surface area contributed by atoms with Gasteiger partial charge in [0.1, 0.15) is 5.76 Å². The van der Waals surface area contributed by atoms with E-state index < -0.39 is 0 Å². The number of rotatable bonds is 4. The highest BCUT2D eigenvalue weighted by Crippen LogP contribution is 2.18. The maximum absolute atomic E-state index is 12.4. The minimum absolute atomic E-state index is 0.267. The van der Waals surface area contributed by atoms with E-state index in [-0.39, 0.29) is 5.91 Å². The minimum Gasteiger partial charge on any atom is -0.463 e. The molecule has 3 aromatic rings. The summed E-state index contributed by atoms with van der Waals surface area (Å²) in [7, 11) is 0. The van der Waals surface area contributed by atoms with Gasteiger partial charge in [0, 0.05) is 11.1 Å². The molecule has 0 aliphatic rings. The van der Waals surface area contributed by atoms with Crippen LogP contribution in [0, 0.1) is 0 Å². The summed E-state index contributed by atoms with van der Waals surface area (Å²) in [6.45, 7) is 2.01. The monoisotopic (exact) mass is 293 g/mol. The number of hydrazone groups is 1. The normalized spacial score (nSPS) is 11.1. The van der Waals surface area contributed by atoms with E-state index in [2.05, 4.69) is 15.5 Å². The van der Waals surface area contributed by atoms with Gasteiger partial charge in [0.25, 0.3) is 5.91 Å². The topological polar surface area (TPSA) is 67.5 Å². The first kappa shape index (κ1) is 14.0. The van der Waals surface area contributed by atoms with E-state index in [4.69, 9.17) is 4.42 Å². The fourth-order valence-corrected chi connectivity index (χ4v) is 2.18. The number of aryl methyl sites for hydroxylation is 1. The van der Waals surface area contributed by atoms with E-state index in [1.54, 1.807) is 24.5 Å². The van der Waals surface area contributed by atoms with Crippen molar-refractivity contribution in [3.8, 4) is 0 Å². The molecular formula is C17H15N3O2. The van der Waals surface area contributed by atoms with Crippen LogP contribution in [0.25, 0.3) is 10.9 Å². The highest BCUT2D eigenvalue weighted by Gasteiger charge is 2.11. The van der Waals surface area contributed by atoms with Gasteiger partial charge in [-0.05, 0) is 30.7 Å². The van der Waals surface area contributed by atoms with Gasteiger partial charge in [-0.15, -0.1) is 0 Å². The van der Waals surface area contributed by atoms with Crippen LogP contribution in [0.15, 0.2) is 58.2 Å². The number of furan rings is 1. The number of benzene rings is 1. The molecule has 0 aliphatic carbocycles. The molecule has 1 N–H and O–H groups in total. The maximum atomic E-state index is 12.4. The van der Waals surface area contributed by atoms with Crippen molar-refractivity contribution in [2.45, 2.75) is 13.3 Å². The predicted octanol–water partition coefficient (Wildman–Crippen LogP) is 3.15. The molecule has 0 spiro atoms. The van der Waals surface area contributed by atoms with E-state index in [1.807, 2.05) is 31.2 Å². The first-order valence-electron chi connectivity index (χ1n) is 7.03. The summed E-state index contributed by atoms with van der Waals surface area (Å²) in [4.78, 5) is 16.9. The molecule has 0 atom stereocenters. The third-order valence-corrected chi connectivity index (χ3v) is 3.28. The number of amides is 1. The molecule has 0 aliphatic heterocycles. The maximum Gasteiger partial charge on any atom is 0.272 e. The Morgan fingerprint density at radius 3 is 2.95 bits per heavy atom. The van der Waals surface area contributed by atoms with Gasteiger partial charge < -0.3 is 4.42 Å². The summed E-state index contributed by atoms with van der Waals surface area (Å²) in [5, 5.41) is 4.72. The average Bonchev–Trinajstić information content (AvgIpc) is 3.07. The quantitative estimate of drug-likeness (QED) is 0.593. The summed E-state index contributed by atoms with van der Waals surface area (Å²) < 4.78 is 5.12. The van der Waals surface area contributed by atoms with Crippen molar-refractivity contribution in [3.63, 3.8) is 0 Å². The van der Waals surface area contributed by atoms with Crippen molar-refractivity contribution in [2.75, 3.05) is 0 Å². The third-order valence-electron chi connectivity index (χ3n) is 3.28. The lowest BCUT2D eigenvalue weighted by molar-refractivity contribution is 0.0956. The van der Waals surface area contributed by atoms with Gasteiger partial charge in [0.15, 0.2) is 0 Å². The second kappa shape index (κ2) is 6.22. The Morgan fingerprint density at radius 1 is 1.32 bits per heavy atom. The second-order valence-electron chi connectivity index (χ2n) is 4.75. The highest BCUT2D eigenvalue weighted by molar-refractivity contribution is 6.06. The number of nitrogens with one attached hydrogen (secondary N) is 1. The van der Waals surface area contributed by atoms with E-state index in [9.17, 15) is 4.79 Å². The standard InChI is InChI=1S/C17H15N3O2/c1-2-12-10-15(14-7-3-4-8-16(14)19-12)17(21)20-18-11-13-6-5-9-22-13/h3-11H,2H2,1H3,(H,20,21). The van der Waals surface area contributed by atoms with Crippen molar-refractivity contribution in [1.82, 2.24) is 10.4 Å². The molecular weight excluding hydrogens is 278 g/mol.